The van der Waals surface area contributed by atoms with E-state index in [2.05, 4.69) is 11.8 Å². The lowest BCUT2D eigenvalue weighted by atomic mass is 10.4. The summed E-state index contributed by atoms with van der Waals surface area (Å²) >= 11 is 0. The first-order valence-electron chi connectivity index (χ1n) is 4.32. The lowest BCUT2D eigenvalue weighted by Crippen LogP contribution is -2.49. The Labute approximate surface area is 82.1 Å². The molecule has 0 fully saturated rings. The van der Waals surface area contributed by atoms with E-state index in [4.69, 9.17) is 13.3 Å². The summed E-state index contributed by atoms with van der Waals surface area (Å²) in [5, 5.41) is 0. The zero-order valence-corrected chi connectivity index (χ0v) is 10.5. The summed E-state index contributed by atoms with van der Waals surface area (Å²) in [6, 6.07) is 0. The number of hydrogen-bond acceptors (Lipinski definition) is 4. The molecule has 0 rings (SSSR count). The highest BCUT2D eigenvalue weighted by molar-refractivity contribution is 6.62. The summed E-state index contributed by atoms with van der Waals surface area (Å²) in [6.45, 7) is 2.99. The van der Waals surface area contributed by atoms with Gasteiger partial charge >= 0.3 is 8.80 Å². The minimum atomic E-state index is -2.43. The average molecular weight is 207 g/mol. The maximum Gasteiger partial charge on any atom is 0.504 e. The van der Waals surface area contributed by atoms with Crippen LogP contribution in [0, 0.1) is 0 Å². The Morgan fingerprint density at radius 2 is 1.46 bits per heavy atom. The summed E-state index contributed by atoms with van der Waals surface area (Å²) in [4.78, 5) is 2.10. The first kappa shape index (κ1) is 13.1. The highest BCUT2D eigenvalue weighted by Gasteiger charge is 2.44. The van der Waals surface area contributed by atoms with Crippen LogP contribution >= 0.6 is 0 Å². The molecule has 1 unspecified atom stereocenters. The SMILES string of the molecule is CO[Si](OC)(OC)C(C)CN(C)C. The molecular formula is C8H21NO3Si. The molecule has 0 aromatic carbocycles. The second kappa shape index (κ2) is 5.72. The molecule has 0 aliphatic carbocycles. The standard InChI is InChI=1S/C8H21NO3Si/c1-8(7-9(2)3)13(10-4,11-5)12-6/h8H,7H2,1-6H3. The molecular weight excluding hydrogens is 186 g/mol. The van der Waals surface area contributed by atoms with E-state index in [1.807, 2.05) is 14.1 Å². The van der Waals surface area contributed by atoms with Crippen LogP contribution in [0.2, 0.25) is 5.54 Å². The molecule has 0 aromatic rings. The molecule has 0 heterocycles. The normalized spacial score (nSPS) is 15.0. The maximum atomic E-state index is 5.37. The van der Waals surface area contributed by atoms with Gasteiger partial charge in [-0.3, -0.25) is 0 Å². The Balaban J connectivity index is 4.34. The molecule has 4 nitrogen and oxygen atoms in total. The van der Waals surface area contributed by atoms with Gasteiger partial charge in [-0.1, -0.05) is 6.92 Å². The van der Waals surface area contributed by atoms with Crippen molar-refractivity contribution in [2.24, 2.45) is 0 Å². The Kier molecular flexibility index (Phi) is 5.74. The van der Waals surface area contributed by atoms with E-state index in [-0.39, 0.29) is 5.54 Å². The van der Waals surface area contributed by atoms with Crippen LogP contribution in [0.5, 0.6) is 0 Å². The van der Waals surface area contributed by atoms with E-state index in [0.29, 0.717) is 0 Å². The van der Waals surface area contributed by atoms with Gasteiger partial charge < -0.3 is 18.2 Å². The lowest BCUT2D eigenvalue weighted by molar-refractivity contribution is 0.108. The van der Waals surface area contributed by atoms with Crippen molar-refractivity contribution in [3.63, 3.8) is 0 Å². The van der Waals surface area contributed by atoms with Crippen LogP contribution in [0.4, 0.5) is 0 Å². The van der Waals surface area contributed by atoms with E-state index in [1.165, 1.54) is 0 Å². The molecule has 0 bridgehead atoms. The zero-order chi connectivity index (χ0) is 10.5. The molecule has 0 radical (unpaired) electrons. The first-order valence-corrected chi connectivity index (χ1v) is 6.12. The van der Waals surface area contributed by atoms with E-state index < -0.39 is 8.80 Å². The molecule has 0 amide bonds. The van der Waals surface area contributed by atoms with Gasteiger partial charge in [-0.05, 0) is 14.1 Å². The second-order valence-corrected chi connectivity index (χ2v) is 6.80. The fourth-order valence-corrected chi connectivity index (χ4v) is 3.81. The molecule has 5 heteroatoms. The molecule has 0 saturated heterocycles. The summed E-state index contributed by atoms with van der Waals surface area (Å²) < 4.78 is 16.1. The second-order valence-electron chi connectivity index (χ2n) is 3.38. The van der Waals surface area contributed by atoms with Crippen molar-refractivity contribution in [2.45, 2.75) is 12.5 Å². The van der Waals surface area contributed by atoms with Gasteiger partial charge in [0.1, 0.15) is 0 Å². The van der Waals surface area contributed by atoms with Gasteiger partial charge in [0.25, 0.3) is 0 Å². The Morgan fingerprint density at radius 3 is 1.69 bits per heavy atom. The third-order valence-corrected chi connectivity index (χ3v) is 5.19. The third-order valence-electron chi connectivity index (χ3n) is 2.10. The van der Waals surface area contributed by atoms with Crippen molar-refractivity contribution >= 4 is 8.80 Å². The lowest BCUT2D eigenvalue weighted by Gasteiger charge is -2.31. The zero-order valence-electron chi connectivity index (χ0n) is 9.46. The average Bonchev–Trinajstić information content (AvgIpc) is 2.07. The molecule has 0 aliphatic rings. The smallest absolute Gasteiger partial charge is 0.377 e. The van der Waals surface area contributed by atoms with Crippen LogP contribution in [0.15, 0.2) is 0 Å². The molecule has 0 spiro atoms. The van der Waals surface area contributed by atoms with Gasteiger partial charge in [-0.15, -0.1) is 0 Å². The fraction of sp³-hybridized carbons (Fsp3) is 1.00. The quantitative estimate of drug-likeness (QED) is 0.603. The number of hydrogen-bond donors (Lipinski definition) is 0. The number of rotatable bonds is 6. The van der Waals surface area contributed by atoms with Crippen LogP contribution in [0.3, 0.4) is 0 Å². The summed E-state index contributed by atoms with van der Waals surface area (Å²) in [5.74, 6) is 0. The summed E-state index contributed by atoms with van der Waals surface area (Å²) in [6.07, 6.45) is 0. The highest BCUT2D eigenvalue weighted by Crippen LogP contribution is 2.23. The molecule has 0 aliphatic heterocycles. The predicted octanol–water partition coefficient (Wildman–Crippen LogP) is 0.816. The third kappa shape index (κ3) is 3.36. The van der Waals surface area contributed by atoms with Gasteiger partial charge in [-0.25, -0.2) is 0 Å². The Bertz CT molecular complexity index is 131. The van der Waals surface area contributed by atoms with Gasteiger partial charge in [0.15, 0.2) is 0 Å². The van der Waals surface area contributed by atoms with Gasteiger partial charge in [0.2, 0.25) is 0 Å². The molecule has 13 heavy (non-hydrogen) atoms. The minimum Gasteiger partial charge on any atom is -0.377 e. The van der Waals surface area contributed by atoms with Gasteiger partial charge in [0.05, 0.1) is 0 Å². The van der Waals surface area contributed by atoms with Gasteiger partial charge in [0, 0.05) is 33.4 Å². The summed E-state index contributed by atoms with van der Waals surface area (Å²) in [7, 11) is 6.56. The van der Waals surface area contributed by atoms with E-state index in [9.17, 15) is 0 Å². The first-order chi connectivity index (χ1) is 6.02. The van der Waals surface area contributed by atoms with Crippen molar-refractivity contribution in [2.75, 3.05) is 42.0 Å². The largest absolute Gasteiger partial charge is 0.504 e. The molecule has 0 N–H and O–H groups in total. The highest BCUT2D eigenvalue weighted by atomic mass is 28.4. The maximum absolute atomic E-state index is 5.37. The predicted molar refractivity (Wildman–Crippen MR) is 54.8 cm³/mol. The van der Waals surface area contributed by atoms with E-state index in [0.717, 1.165) is 6.54 Å². The number of nitrogens with zero attached hydrogens (tertiary/aromatic N) is 1. The molecule has 0 saturated carbocycles. The topological polar surface area (TPSA) is 30.9 Å². The fourth-order valence-electron chi connectivity index (χ4n) is 1.51. The van der Waals surface area contributed by atoms with Crippen LogP contribution in [0.1, 0.15) is 6.92 Å². The Morgan fingerprint density at radius 1 is 1.08 bits per heavy atom. The molecule has 80 valence electrons. The summed E-state index contributed by atoms with van der Waals surface area (Å²) in [5.41, 5.74) is 0.280. The molecule has 1 atom stereocenters. The van der Waals surface area contributed by atoms with Crippen molar-refractivity contribution < 1.29 is 13.3 Å². The van der Waals surface area contributed by atoms with Crippen molar-refractivity contribution in [1.82, 2.24) is 4.90 Å². The van der Waals surface area contributed by atoms with Crippen molar-refractivity contribution in [3.05, 3.63) is 0 Å². The van der Waals surface area contributed by atoms with Crippen LogP contribution in [-0.2, 0) is 13.3 Å². The van der Waals surface area contributed by atoms with Crippen molar-refractivity contribution in [3.8, 4) is 0 Å². The van der Waals surface area contributed by atoms with Crippen LogP contribution in [-0.4, -0.2) is 55.7 Å². The van der Waals surface area contributed by atoms with E-state index >= 15 is 0 Å². The molecule has 0 aromatic heterocycles. The van der Waals surface area contributed by atoms with Crippen molar-refractivity contribution in [1.29, 1.82) is 0 Å². The minimum absolute atomic E-state index is 0.280. The van der Waals surface area contributed by atoms with E-state index in [1.54, 1.807) is 21.3 Å². The Hall–Kier alpha value is 0.0569. The van der Waals surface area contributed by atoms with Crippen LogP contribution < -0.4 is 0 Å². The van der Waals surface area contributed by atoms with Crippen LogP contribution in [0.25, 0.3) is 0 Å². The monoisotopic (exact) mass is 207 g/mol. The van der Waals surface area contributed by atoms with Gasteiger partial charge in [-0.2, -0.15) is 0 Å².